The van der Waals surface area contributed by atoms with Gasteiger partial charge in [-0.15, -0.1) is 0 Å². The second-order valence-electron chi connectivity index (χ2n) is 6.12. The Balaban J connectivity index is 2.33. The molecule has 26 heavy (non-hydrogen) atoms. The van der Waals surface area contributed by atoms with Crippen LogP contribution in [0, 0.1) is 18.7 Å². The van der Waals surface area contributed by atoms with Crippen molar-refractivity contribution in [2.75, 3.05) is 23.5 Å². The monoisotopic (exact) mass is 382 g/mol. The van der Waals surface area contributed by atoms with Crippen LogP contribution >= 0.6 is 0 Å². The highest BCUT2D eigenvalue weighted by Gasteiger charge is 2.26. The summed E-state index contributed by atoms with van der Waals surface area (Å²) in [6, 6.07) is 1.30. The van der Waals surface area contributed by atoms with Gasteiger partial charge in [-0.05, 0) is 13.8 Å². The quantitative estimate of drug-likeness (QED) is 0.604. The standard InChI is InChI=1S/C16H23FN6O2S/c1-5-22(16(24)11(2)10-26(4,25)21-18)15-9-23(20-12(15)3)14-6-13(17)7-19-8-14/h6-9,11H,5,10,18H2,1-4H3. The number of anilines is 1. The van der Waals surface area contributed by atoms with E-state index in [9.17, 15) is 13.4 Å². The maximum Gasteiger partial charge on any atom is 0.230 e. The highest BCUT2D eigenvalue weighted by atomic mass is 32.2. The lowest BCUT2D eigenvalue weighted by Gasteiger charge is -2.24. The number of nitrogens with zero attached hydrogens (tertiary/aromatic N) is 5. The van der Waals surface area contributed by atoms with Gasteiger partial charge in [0.25, 0.3) is 0 Å². The third-order valence-corrected chi connectivity index (χ3v) is 5.47. The number of nitrogens with two attached hydrogens (primary N) is 1. The van der Waals surface area contributed by atoms with Crippen molar-refractivity contribution in [3.8, 4) is 5.69 Å². The number of halogens is 1. The van der Waals surface area contributed by atoms with Crippen LogP contribution < -0.4 is 10.7 Å². The molecule has 0 bridgehead atoms. The topological polar surface area (TPSA) is 106 Å². The molecular weight excluding hydrogens is 359 g/mol. The van der Waals surface area contributed by atoms with E-state index in [1.54, 1.807) is 24.9 Å². The number of hydrogen-bond acceptors (Lipinski definition) is 5. The molecule has 0 aliphatic rings. The summed E-state index contributed by atoms with van der Waals surface area (Å²) in [6.45, 7) is 5.69. The molecule has 2 N–H and O–H groups in total. The summed E-state index contributed by atoms with van der Waals surface area (Å²) in [6.07, 6.45) is 5.66. The van der Waals surface area contributed by atoms with Crippen LogP contribution in [-0.4, -0.2) is 43.4 Å². The average Bonchev–Trinajstić information content (AvgIpc) is 2.97. The van der Waals surface area contributed by atoms with Gasteiger partial charge in [-0.3, -0.25) is 9.78 Å². The molecule has 2 unspecified atom stereocenters. The summed E-state index contributed by atoms with van der Waals surface area (Å²) in [5.74, 6) is 4.02. The minimum absolute atomic E-state index is 0.0693. The molecule has 10 heteroatoms. The summed E-state index contributed by atoms with van der Waals surface area (Å²) in [5.41, 5.74) is 1.66. The molecule has 0 fully saturated rings. The van der Waals surface area contributed by atoms with Gasteiger partial charge in [-0.25, -0.2) is 19.1 Å². The van der Waals surface area contributed by atoms with Crippen LogP contribution in [0.1, 0.15) is 19.5 Å². The predicted molar refractivity (Wildman–Crippen MR) is 98.8 cm³/mol. The number of amides is 1. The van der Waals surface area contributed by atoms with Crippen molar-refractivity contribution in [2.45, 2.75) is 20.8 Å². The SMILES string of the molecule is CCN(C(=O)C(C)CS(C)(=O)=NN)c1cn(-c2cncc(F)c2)nc1C. The molecule has 2 rings (SSSR count). The molecule has 2 aromatic heterocycles. The first-order valence-electron chi connectivity index (χ1n) is 8.06. The summed E-state index contributed by atoms with van der Waals surface area (Å²) < 4.78 is 30.3. The molecule has 0 spiro atoms. The molecule has 1 amide bonds. The number of carbonyl (C=O) groups excluding carboxylic acids is 1. The minimum Gasteiger partial charge on any atom is -0.309 e. The highest BCUT2D eigenvalue weighted by Crippen LogP contribution is 2.23. The van der Waals surface area contributed by atoms with E-state index in [1.807, 2.05) is 6.92 Å². The lowest BCUT2D eigenvalue weighted by atomic mass is 10.1. The van der Waals surface area contributed by atoms with Crippen molar-refractivity contribution >= 4 is 21.3 Å². The van der Waals surface area contributed by atoms with Crippen molar-refractivity contribution in [2.24, 2.45) is 16.2 Å². The number of aromatic nitrogens is 3. The highest BCUT2D eigenvalue weighted by molar-refractivity contribution is 7.92. The molecular formula is C16H23FN6O2S. The number of pyridine rings is 1. The normalized spacial score (nSPS) is 14.5. The first-order valence-corrected chi connectivity index (χ1v) is 10.1. The molecule has 142 valence electrons. The van der Waals surface area contributed by atoms with E-state index in [0.29, 0.717) is 23.6 Å². The number of aryl methyl sites for hydroxylation is 1. The fraction of sp³-hybridized carbons (Fsp3) is 0.438. The molecule has 0 aliphatic heterocycles. The summed E-state index contributed by atoms with van der Waals surface area (Å²) in [4.78, 5) is 18.2. The molecule has 0 saturated carbocycles. The first kappa shape index (κ1) is 20.0. The van der Waals surface area contributed by atoms with Gasteiger partial charge in [-0.2, -0.15) is 9.57 Å². The van der Waals surface area contributed by atoms with E-state index >= 15 is 0 Å². The van der Waals surface area contributed by atoms with E-state index < -0.39 is 21.5 Å². The lowest BCUT2D eigenvalue weighted by molar-refractivity contribution is -0.121. The van der Waals surface area contributed by atoms with Crippen LogP contribution in [0.5, 0.6) is 0 Å². The first-order chi connectivity index (χ1) is 12.2. The molecule has 0 aliphatic carbocycles. The van der Waals surface area contributed by atoms with E-state index in [4.69, 9.17) is 5.84 Å². The fourth-order valence-electron chi connectivity index (χ4n) is 2.66. The molecule has 8 nitrogen and oxygen atoms in total. The van der Waals surface area contributed by atoms with Crippen molar-refractivity contribution in [1.29, 1.82) is 0 Å². The lowest BCUT2D eigenvalue weighted by Crippen LogP contribution is -2.37. The van der Waals surface area contributed by atoms with Crippen molar-refractivity contribution in [1.82, 2.24) is 14.8 Å². The van der Waals surface area contributed by atoms with Crippen molar-refractivity contribution in [3.63, 3.8) is 0 Å². The maximum absolute atomic E-state index is 13.4. The van der Waals surface area contributed by atoms with Crippen LogP contribution in [0.25, 0.3) is 5.69 Å². The molecule has 2 heterocycles. The molecule has 0 radical (unpaired) electrons. The number of hydrogen-bond donors (Lipinski definition) is 1. The summed E-state index contributed by atoms with van der Waals surface area (Å²) in [5, 5.41) is 4.34. The van der Waals surface area contributed by atoms with E-state index in [1.165, 1.54) is 23.2 Å². The second-order valence-corrected chi connectivity index (χ2v) is 8.58. The Morgan fingerprint density at radius 1 is 1.50 bits per heavy atom. The second kappa shape index (κ2) is 7.92. The Bertz CT molecular complexity index is 919. The molecule has 0 saturated heterocycles. The van der Waals surface area contributed by atoms with Crippen LogP contribution in [0.4, 0.5) is 10.1 Å². The molecule has 2 atom stereocenters. The average molecular weight is 382 g/mol. The summed E-state index contributed by atoms with van der Waals surface area (Å²) >= 11 is 0. The zero-order valence-electron chi connectivity index (χ0n) is 15.2. The van der Waals surface area contributed by atoms with Gasteiger partial charge in [0, 0.05) is 30.5 Å². The smallest absolute Gasteiger partial charge is 0.230 e. The van der Waals surface area contributed by atoms with Gasteiger partial charge in [0.2, 0.25) is 5.91 Å². The van der Waals surface area contributed by atoms with Crippen LogP contribution in [-0.2, 0) is 14.5 Å². The van der Waals surface area contributed by atoms with Crippen LogP contribution in [0.15, 0.2) is 29.1 Å². The third kappa shape index (κ3) is 4.44. The van der Waals surface area contributed by atoms with Gasteiger partial charge in [0.15, 0.2) is 0 Å². The Kier molecular flexibility index (Phi) is 6.09. The largest absolute Gasteiger partial charge is 0.309 e. The zero-order valence-corrected chi connectivity index (χ0v) is 16.0. The van der Waals surface area contributed by atoms with Crippen LogP contribution in [0.3, 0.4) is 0 Å². The third-order valence-electron chi connectivity index (χ3n) is 3.90. The van der Waals surface area contributed by atoms with E-state index in [-0.39, 0.29) is 11.7 Å². The van der Waals surface area contributed by atoms with Gasteiger partial charge in [-0.1, -0.05) is 6.92 Å². The van der Waals surface area contributed by atoms with Gasteiger partial charge in [0.1, 0.15) is 5.82 Å². The predicted octanol–water partition coefficient (Wildman–Crippen LogP) is 1.68. The minimum atomic E-state index is -2.61. The van der Waals surface area contributed by atoms with Crippen molar-refractivity contribution in [3.05, 3.63) is 36.2 Å². The number of rotatable bonds is 6. The van der Waals surface area contributed by atoms with Gasteiger partial charge < -0.3 is 4.90 Å². The Morgan fingerprint density at radius 2 is 2.19 bits per heavy atom. The maximum atomic E-state index is 13.4. The van der Waals surface area contributed by atoms with Crippen LogP contribution in [0.2, 0.25) is 0 Å². The van der Waals surface area contributed by atoms with Gasteiger partial charge >= 0.3 is 0 Å². The Morgan fingerprint density at radius 3 is 2.77 bits per heavy atom. The zero-order chi connectivity index (χ0) is 19.5. The molecule has 2 aromatic rings. The molecule has 0 aromatic carbocycles. The Labute approximate surface area is 152 Å². The van der Waals surface area contributed by atoms with E-state index in [0.717, 1.165) is 6.20 Å². The summed E-state index contributed by atoms with van der Waals surface area (Å²) in [7, 11) is -2.61. The van der Waals surface area contributed by atoms with Gasteiger partial charge in [0.05, 0.1) is 45.4 Å². The van der Waals surface area contributed by atoms with E-state index in [2.05, 4.69) is 14.6 Å². The Hall–Kier alpha value is -2.33. The number of carbonyl (C=O) groups is 1. The fourth-order valence-corrected chi connectivity index (χ4v) is 3.82. The van der Waals surface area contributed by atoms with Crippen molar-refractivity contribution < 1.29 is 13.4 Å².